The summed E-state index contributed by atoms with van der Waals surface area (Å²) in [5.41, 5.74) is 1.27. The molecule has 0 radical (unpaired) electrons. The minimum atomic E-state index is 0.205. The summed E-state index contributed by atoms with van der Waals surface area (Å²) >= 11 is 0. The van der Waals surface area contributed by atoms with E-state index in [4.69, 9.17) is 0 Å². The predicted molar refractivity (Wildman–Crippen MR) is 84.8 cm³/mol. The summed E-state index contributed by atoms with van der Waals surface area (Å²) in [6, 6.07) is 10.9. The summed E-state index contributed by atoms with van der Waals surface area (Å²) in [5.74, 6) is 1.74. The first-order valence-corrected chi connectivity index (χ1v) is 8.32. The Labute approximate surface area is 127 Å². The van der Waals surface area contributed by atoms with Crippen LogP contribution in [0.3, 0.4) is 0 Å². The van der Waals surface area contributed by atoms with Crippen LogP contribution < -0.4 is 5.32 Å². The lowest BCUT2D eigenvalue weighted by Crippen LogP contribution is -2.43. The number of benzene rings is 1. The lowest BCUT2D eigenvalue weighted by Gasteiger charge is -2.23. The highest BCUT2D eigenvalue weighted by Gasteiger charge is 2.42. The molecule has 3 heteroatoms. The molecule has 0 bridgehead atoms. The predicted octanol–water partition coefficient (Wildman–Crippen LogP) is 2.81. The number of carbonyl (C=O) groups excluding carboxylic acids is 1. The zero-order valence-electron chi connectivity index (χ0n) is 12.9. The molecule has 0 atom stereocenters. The molecule has 0 aliphatic heterocycles. The van der Waals surface area contributed by atoms with Crippen molar-refractivity contribution < 1.29 is 4.79 Å². The van der Waals surface area contributed by atoms with Crippen molar-refractivity contribution in [2.75, 3.05) is 13.1 Å². The largest absolute Gasteiger partial charge is 0.352 e. The number of hydrogen-bond donors (Lipinski definition) is 1. The summed E-state index contributed by atoms with van der Waals surface area (Å²) in [7, 11) is 0. The summed E-state index contributed by atoms with van der Waals surface area (Å²) in [4.78, 5) is 14.5. The fraction of sp³-hybridized carbons (Fsp3) is 0.611. The maximum Gasteiger partial charge on any atom is 0.234 e. The van der Waals surface area contributed by atoms with Crippen LogP contribution in [0.4, 0.5) is 0 Å². The highest BCUT2D eigenvalue weighted by Crippen LogP contribution is 2.44. The van der Waals surface area contributed by atoms with E-state index in [0.29, 0.717) is 12.6 Å². The van der Waals surface area contributed by atoms with E-state index in [1.54, 1.807) is 0 Å². The minimum Gasteiger partial charge on any atom is -0.352 e. The fourth-order valence-electron chi connectivity index (χ4n) is 3.09. The molecule has 2 fully saturated rings. The van der Waals surface area contributed by atoms with Gasteiger partial charge in [-0.1, -0.05) is 37.3 Å². The summed E-state index contributed by atoms with van der Waals surface area (Å²) < 4.78 is 0. The Morgan fingerprint density at radius 3 is 2.33 bits per heavy atom. The molecule has 1 aromatic carbocycles. The molecule has 0 heterocycles. The first-order valence-electron chi connectivity index (χ1n) is 8.32. The number of likely N-dealkylation sites (N-methyl/N-ethyl adjacent to an activating group) is 1. The summed E-state index contributed by atoms with van der Waals surface area (Å²) in [6.07, 6.45) is 5.23. The van der Waals surface area contributed by atoms with Crippen molar-refractivity contribution in [3.63, 3.8) is 0 Å². The molecule has 114 valence electrons. The molecule has 1 amide bonds. The molecule has 2 aliphatic carbocycles. The van der Waals surface area contributed by atoms with Gasteiger partial charge in [-0.05, 0) is 49.6 Å². The molecule has 0 saturated heterocycles. The molecule has 21 heavy (non-hydrogen) atoms. The Morgan fingerprint density at radius 1 is 1.19 bits per heavy atom. The van der Waals surface area contributed by atoms with Gasteiger partial charge >= 0.3 is 0 Å². The van der Waals surface area contributed by atoms with Crippen molar-refractivity contribution in [3.05, 3.63) is 35.9 Å². The van der Waals surface area contributed by atoms with Crippen LogP contribution >= 0.6 is 0 Å². The quantitative estimate of drug-likeness (QED) is 0.797. The normalized spacial score (nSPS) is 18.2. The van der Waals surface area contributed by atoms with Crippen molar-refractivity contribution in [3.8, 4) is 0 Å². The Hall–Kier alpha value is -1.35. The molecule has 2 saturated carbocycles. The molecule has 1 N–H and O–H groups in total. The maximum absolute atomic E-state index is 12.3. The fourth-order valence-corrected chi connectivity index (χ4v) is 3.09. The van der Waals surface area contributed by atoms with Gasteiger partial charge in [0.1, 0.15) is 0 Å². The molecule has 0 aromatic heterocycles. The minimum absolute atomic E-state index is 0.205. The number of nitrogens with one attached hydrogen (secondary N) is 1. The molecule has 3 nitrogen and oxygen atoms in total. The van der Waals surface area contributed by atoms with Gasteiger partial charge in [-0.25, -0.2) is 0 Å². The Morgan fingerprint density at radius 2 is 1.81 bits per heavy atom. The Kier molecular flexibility index (Phi) is 4.59. The second-order valence-electron chi connectivity index (χ2n) is 6.56. The number of carbonyl (C=O) groups is 1. The Balaban J connectivity index is 1.49. The highest BCUT2D eigenvalue weighted by atomic mass is 16.2. The van der Waals surface area contributed by atoms with Gasteiger partial charge in [-0.2, -0.15) is 0 Å². The van der Waals surface area contributed by atoms with E-state index in [0.717, 1.165) is 24.9 Å². The molecular formula is C18H26N2O. The highest BCUT2D eigenvalue weighted by molar-refractivity contribution is 5.78. The molecule has 2 aliphatic rings. The van der Waals surface area contributed by atoms with E-state index in [1.807, 2.05) is 6.07 Å². The van der Waals surface area contributed by atoms with Crippen LogP contribution in [0.25, 0.3) is 0 Å². The Bertz CT molecular complexity index is 453. The smallest absolute Gasteiger partial charge is 0.234 e. The van der Waals surface area contributed by atoms with Crippen LogP contribution in [0.15, 0.2) is 30.3 Å². The van der Waals surface area contributed by atoms with Crippen LogP contribution in [0.2, 0.25) is 0 Å². The maximum atomic E-state index is 12.3. The first kappa shape index (κ1) is 14.6. The number of nitrogens with zero attached hydrogens (tertiary/aromatic N) is 1. The van der Waals surface area contributed by atoms with Crippen molar-refractivity contribution in [1.82, 2.24) is 10.2 Å². The SMILES string of the molecule is CCN(CC(=O)NC(C1CC1)C1CC1)Cc1ccccc1. The van der Waals surface area contributed by atoms with Crippen LogP contribution in [-0.4, -0.2) is 29.9 Å². The van der Waals surface area contributed by atoms with Crippen LogP contribution in [0.1, 0.15) is 38.2 Å². The molecule has 0 unspecified atom stereocenters. The van der Waals surface area contributed by atoms with Gasteiger partial charge in [-0.3, -0.25) is 9.69 Å². The summed E-state index contributed by atoms with van der Waals surface area (Å²) in [6.45, 7) is 4.39. The van der Waals surface area contributed by atoms with Crippen molar-refractivity contribution in [2.24, 2.45) is 11.8 Å². The molecular weight excluding hydrogens is 260 g/mol. The van der Waals surface area contributed by atoms with Gasteiger partial charge in [0.15, 0.2) is 0 Å². The standard InChI is InChI=1S/C18H26N2O/c1-2-20(12-14-6-4-3-5-7-14)13-17(21)19-18(15-8-9-15)16-10-11-16/h3-7,15-16,18H,2,8-13H2,1H3,(H,19,21). The number of amides is 1. The first-order chi connectivity index (χ1) is 10.3. The lowest BCUT2D eigenvalue weighted by atomic mass is 10.1. The number of hydrogen-bond acceptors (Lipinski definition) is 2. The lowest BCUT2D eigenvalue weighted by molar-refractivity contribution is -0.123. The zero-order valence-corrected chi connectivity index (χ0v) is 12.9. The van der Waals surface area contributed by atoms with E-state index >= 15 is 0 Å². The number of rotatable bonds is 8. The summed E-state index contributed by atoms with van der Waals surface area (Å²) in [5, 5.41) is 3.31. The van der Waals surface area contributed by atoms with E-state index in [1.165, 1.54) is 31.2 Å². The third kappa shape index (κ3) is 4.31. The van der Waals surface area contributed by atoms with Gasteiger partial charge < -0.3 is 5.32 Å². The molecule has 3 rings (SSSR count). The zero-order chi connectivity index (χ0) is 14.7. The van der Waals surface area contributed by atoms with Crippen LogP contribution in [0, 0.1) is 11.8 Å². The van der Waals surface area contributed by atoms with Crippen LogP contribution in [0.5, 0.6) is 0 Å². The topological polar surface area (TPSA) is 32.3 Å². The second kappa shape index (κ2) is 6.61. The van der Waals surface area contributed by atoms with Gasteiger partial charge in [0.2, 0.25) is 5.91 Å². The van der Waals surface area contributed by atoms with E-state index < -0.39 is 0 Å². The third-order valence-corrected chi connectivity index (χ3v) is 4.65. The van der Waals surface area contributed by atoms with Gasteiger partial charge in [0.25, 0.3) is 0 Å². The monoisotopic (exact) mass is 286 g/mol. The second-order valence-corrected chi connectivity index (χ2v) is 6.56. The molecule has 0 spiro atoms. The van der Waals surface area contributed by atoms with E-state index in [-0.39, 0.29) is 5.91 Å². The van der Waals surface area contributed by atoms with Gasteiger partial charge in [0.05, 0.1) is 6.54 Å². The van der Waals surface area contributed by atoms with Gasteiger partial charge in [0, 0.05) is 12.6 Å². The van der Waals surface area contributed by atoms with Gasteiger partial charge in [-0.15, -0.1) is 0 Å². The van der Waals surface area contributed by atoms with Crippen molar-refractivity contribution in [2.45, 2.75) is 45.2 Å². The van der Waals surface area contributed by atoms with Crippen LogP contribution in [-0.2, 0) is 11.3 Å². The average molecular weight is 286 g/mol. The molecule has 1 aromatic rings. The van der Waals surface area contributed by atoms with E-state index in [2.05, 4.69) is 41.4 Å². The average Bonchev–Trinajstić information content (AvgIpc) is 3.39. The van der Waals surface area contributed by atoms with Crippen molar-refractivity contribution in [1.29, 1.82) is 0 Å². The van der Waals surface area contributed by atoms with E-state index in [9.17, 15) is 4.79 Å². The third-order valence-electron chi connectivity index (χ3n) is 4.65. The van der Waals surface area contributed by atoms with Crippen molar-refractivity contribution >= 4 is 5.91 Å².